The molecule has 0 bridgehead atoms. The van der Waals surface area contributed by atoms with Crippen LogP contribution in [0.5, 0.6) is 0 Å². The van der Waals surface area contributed by atoms with Gasteiger partial charge in [-0.15, -0.1) is 0 Å². The van der Waals surface area contributed by atoms with Crippen molar-refractivity contribution in [3.63, 3.8) is 0 Å². The zero-order valence-corrected chi connectivity index (χ0v) is 48.7. The van der Waals surface area contributed by atoms with E-state index in [1.807, 2.05) is 53.4 Å². The maximum atomic E-state index is 12.5. The predicted octanol–water partition coefficient (Wildman–Crippen LogP) is 10.8. The Kier molecular flexibility index (Phi) is 21.0. The molecule has 7 rings (SSSR count). The van der Waals surface area contributed by atoms with Crippen LogP contribution in [0.4, 0.5) is 41.9 Å². The fraction of sp³-hybridized carbons (Fsp3) is 0.500. The van der Waals surface area contributed by atoms with E-state index in [4.69, 9.17) is 18.9 Å². The Morgan fingerprint density at radius 3 is 1.38 bits per heavy atom. The fourth-order valence-electron chi connectivity index (χ4n) is 10.6. The van der Waals surface area contributed by atoms with Crippen molar-refractivity contribution in [3.8, 4) is 0 Å². The van der Waals surface area contributed by atoms with Crippen LogP contribution in [0, 0.1) is 5.92 Å². The van der Waals surface area contributed by atoms with E-state index < -0.39 is 43.4 Å². The molecule has 20 heteroatoms. The van der Waals surface area contributed by atoms with Gasteiger partial charge in [-0.05, 0) is 109 Å². The smallest absolute Gasteiger partial charge is 0.411 e. The highest BCUT2D eigenvalue weighted by Crippen LogP contribution is 2.50. The fourth-order valence-corrected chi connectivity index (χ4v) is 12.7. The number of carbonyl (C=O) groups is 6. The number of hydrogen-bond donors (Lipinski definition) is 6. The van der Waals surface area contributed by atoms with Crippen molar-refractivity contribution in [1.82, 2.24) is 4.90 Å². The predicted molar refractivity (Wildman–Crippen MR) is 313 cm³/mol. The highest BCUT2D eigenvalue weighted by molar-refractivity contribution is 8.00. The Morgan fingerprint density at radius 2 is 1.01 bits per heavy atom. The van der Waals surface area contributed by atoms with Gasteiger partial charge in [-0.2, -0.15) is 23.5 Å². The van der Waals surface area contributed by atoms with Gasteiger partial charge in [0.05, 0.1) is 13.0 Å². The number of thioether (sulfide) groups is 2. The molecule has 0 aliphatic carbocycles. The summed E-state index contributed by atoms with van der Waals surface area (Å²) < 4.78 is 21.4. The Bertz CT molecular complexity index is 2760. The second kappa shape index (κ2) is 27.4. The summed E-state index contributed by atoms with van der Waals surface area (Å²) in [6.07, 6.45) is 3.24. The molecule has 0 aromatic heterocycles. The van der Waals surface area contributed by atoms with Gasteiger partial charge in [0.2, 0.25) is 11.7 Å². The molecule has 6 N–H and O–H groups in total. The van der Waals surface area contributed by atoms with Gasteiger partial charge < -0.3 is 34.1 Å². The molecule has 432 valence electrons. The number of likely N-dealkylation sites (tertiary alicyclic amines) is 1. The number of nitrogens with one attached hydrogen (secondary N) is 4. The number of hydrogen-bond acceptors (Lipinski definition) is 14. The second-order valence-corrected chi connectivity index (χ2v) is 26.2. The summed E-state index contributed by atoms with van der Waals surface area (Å²) in [4.78, 5) is 77.0. The SMILES string of the molecule is CC(C)C(CC(C)(C)SCCOC(=O)Nc1ccc(Cc2ccc(NC(=O)OCC(O)(O)COC(=O)Nc3ccc(Cc4ccc(NC(=O)OCCSC(C)(C)CC5C(C)[N+]56CCCC6=O)cc4)cc3)cc2)cc1)N1CCCC1=O. The summed E-state index contributed by atoms with van der Waals surface area (Å²) in [7, 11) is 0. The Hall–Kier alpha value is -6.32. The van der Waals surface area contributed by atoms with Crippen molar-refractivity contribution >= 4 is 82.5 Å². The Balaban J connectivity index is 0.724. The number of carbonyl (C=O) groups excluding carboxylic acids is 6. The van der Waals surface area contributed by atoms with Gasteiger partial charge in [0.1, 0.15) is 19.3 Å². The van der Waals surface area contributed by atoms with Crippen LogP contribution in [0.1, 0.15) is 109 Å². The number of anilines is 4. The second-order valence-electron chi connectivity index (χ2n) is 22.6. The van der Waals surface area contributed by atoms with Crippen LogP contribution in [0.25, 0.3) is 0 Å². The zero-order chi connectivity index (χ0) is 57.7. The van der Waals surface area contributed by atoms with Crippen molar-refractivity contribution in [2.75, 3.05) is 72.3 Å². The van der Waals surface area contributed by atoms with E-state index in [1.54, 1.807) is 72.1 Å². The Labute approximate surface area is 478 Å². The third-order valence-electron chi connectivity index (χ3n) is 15.0. The largest absolute Gasteiger partial charge is 0.448 e. The van der Waals surface area contributed by atoms with Gasteiger partial charge in [-0.1, -0.05) is 90.1 Å². The molecule has 3 saturated heterocycles. The van der Waals surface area contributed by atoms with E-state index in [0.29, 0.717) is 88.3 Å². The van der Waals surface area contributed by atoms with Crippen LogP contribution >= 0.6 is 23.5 Å². The van der Waals surface area contributed by atoms with E-state index in [1.165, 1.54) is 0 Å². The van der Waals surface area contributed by atoms with Crippen molar-refractivity contribution in [1.29, 1.82) is 0 Å². The summed E-state index contributed by atoms with van der Waals surface area (Å²) in [5, 5.41) is 31.3. The first-order valence-corrected chi connectivity index (χ1v) is 29.5. The van der Waals surface area contributed by atoms with Crippen LogP contribution in [-0.2, 0) is 41.4 Å². The summed E-state index contributed by atoms with van der Waals surface area (Å²) in [6, 6.07) is 29.8. The van der Waals surface area contributed by atoms with Crippen molar-refractivity contribution < 1.29 is 62.4 Å². The van der Waals surface area contributed by atoms with E-state index in [0.717, 1.165) is 61.0 Å². The molecule has 3 aliphatic heterocycles. The lowest BCUT2D eigenvalue weighted by atomic mass is 9.92. The molecule has 3 aliphatic rings. The van der Waals surface area contributed by atoms with Crippen molar-refractivity contribution in [2.24, 2.45) is 5.92 Å². The number of amides is 6. The van der Waals surface area contributed by atoms with E-state index >= 15 is 0 Å². The minimum atomic E-state index is -2.67. The van der Waals surface area contributed by atoms with Gasteiger partial charge >= 0.3 is 30.3 Å². The number of aliphatic hydroxyl groups is 2. The van der Waals surface area contributed by atoms with Gasteiger partial charge in [0, 0.05) is 75.6 Å². The molecule has 4 atom stereocenters. The van der Waals surface area contributed by atoms with Crippen LogP contribution in [0.2, 0.25) is 0 Å². The molecule has 0 saturated carbocycles. The summed E-state index contributed by atoms with van der Waals surface area (Å²) in [5.41, 5.74) is 5.88. The van der Waals surface area contributed by atoms with Crippen LogP contribution in [-0.4, -0.2) is 140 Å². The van der Waals surface area contributed by atoms with Gasteiger partial charge in [-0.25, -0.2) is 28.5 Å². The number of benzene rings is 4. The summed E-state index contributed by atoms with van der Waals surface area (Å²) in [6.45, 7) is 15.8. The lowest BCUT2D eigenvalue weighted by Crippen LogP contribution is -2.43. The molecule has 6 amide bonds. The molecule has 3 heterocycles. The maximum Gasteiger partial charge on any atom is 0.411 e. The minimum Gasteiger partial charge on any atom is -0.448 e. The number of rotatable bonds is 26. The van der Waals surface area contributed by atoms with Gasteiger partial charge in [0.15, 0.2) is 19.3 Å². The minimum absolute atomic E-state index is 0.0323. The monoisotopic (exact) mass is 1140 g/mol. The number of ether oxygens (including phenoxy) is 4. The highest BCUT2D eigenvalue weighted by Gasteiger charge is 2.70. The van der Waals surface area contributed by atoms with Gasteiger partial charge in [-0.3, -0.25) is 26.1 Å². The number of quaternary nitrogens is 1. The first-order valence-electron chi connectivity index (χ1n) is 27.5. The standard InChI is InChI=1S/C60H78N6O12S2/c1-40(2)50(65-28-8-10-52(65)67)36-58(4,5)79-32-30-75-54(69)61-46-20-12-42(13-21-46)34-44-16-24-48(25-17-44)63-56(71)77-38-60(73,74)39-78-57(72)64-49-26-18-45(19-27-49)35-43-14-22-47(23-15-43)62-55(70)76-31-33-80-59(6,7)37-51-41(3)66(51)29-9-11-53(66)68/h12-27,40-41,50-51,73-74H,8-11,28-39H2,1-7H3,(H3-,61,62,63,64,69,70,71,72)/p+1. The average Bonchev–Trinajstić information content (AvgIpc) is 3.52. The third kappa shape index (κ3) is 18.1. The van der Waals surface area contributed by atoms with Crippen LogP contribution in [0.15, 0.2) is 97.1 Å². The number of nitrogens with zero attached hydrogens (tertiary/aromatic N) is 2. The molecular formula is C60H79N6O12S2+. The maximum absolute atomic E-state index is 12.5. The molecule has 4 aromatic rings. The highest BCUT2D eigenvalue weighted by atomic mass is 32.2. The van der Waals surface area contributed by atoms with E-state index in [9.17, 15) is 39.0 Å². The molecule has 18 nitrogen and oxygen atoms in total. The van der Waals surface area contributed by atoms with Crippen molar-refractivity contribution in [2.45, 2.75) is 133 Å². The quantitative estimate of drug-likeness (QED) is 0.0113. The van der Waals surface area contributed by atoms with Crippen molar-refractivity contribution in [3.05, 3.63) is 119 Å². The normalized spacial score (nSPS) is 18.4. The summed E-state index contributed by atoms with van der Waals surface area (Å²) in [5.74, 6) is -0.397. The molecule has 80 heavy (non-hydrogen) atoms. The average molecular weight is 1140 g/mol. The van der Waals surface area contributed by atoms with Crippen LogP contribution < -0.4 is 21.3 Å². The topological polar surface area (TPSA) is 231 Å². The van der Waals surface area contributed by atoms with E-state index in [-0.39, 0.29) is 34.7 Å². The van der Waals surface area contributed by atoms with E-state index in [2.05, 4.69) is 69.7 Å². The molecule has 4 aromatic carbocycles. The third-order valence-corrected chi connectivity index (χ3v) is 17.6. The zero-order valence-electron chi connectivity index (χ0n) is 47.0. The Morgan fingerprint density at radius 1 is 0.613 bits per heavy atom. The lowest BCUT2D eigenvalue weighted by Gasteiger charge is -2.37. The molecule has 4 unspecified atom stereocenters. The first-order chi connectivity index (χ1) is 38.0. The van der Waals surface area contributed by atoms with Gasteiger partial charge in [0.25, 0.3) is 0 Å². The lowest BCUT2D eigenvalue weighted by molar-refractivity contribution is -0.737. The molecular weight excluding hydrogens is 1060 g/mol. The van der Waals surface area contributed by atoms with Crippen LogP contribution in [0.3, 0.4) is 0 Å². The molecule has 3 fully saturated rings. The molecule has 0 radical (unpaired) electrons. The first kappa shape index (κ1) is 61.3. The summed E-state index contributed by atoms with van der Waals surface area (Å²) >= 11 is 3.50. The molecule has 1 spiro atoms.